The SMILES string of the molecule is CCc1nc2cc(Cl)ccn2c1C(=O)NCc1ccc(N2CCC(C(C)=O)CC2)cc1. The topological polar surface area (TPSA) is 66.7 Å². The number of carbonyl (C=O) groups excluding carboxylic acids is 2. The zero-order valence-electron chi connectivity index (χ0n) is 17.9. The first-order chi connectivity index (χ1) is 15.0. The summed E-state index contributed by atoms with van der Waals surface area (Å²) in [4.78, 5) is 31.3. The highest BCUT2D eigenvalue weighted by molar-refractivity contribution is 6.30. The quantitative estimate of drug-likeness (QED) is 0.623. The number of piperidine rings is 1. The molecule has 0 spiro atoms. The number of halogens is 1. The molecular weight excluding hydrogens is 412 g/mol. The molecule has 0 saturated carbocycles. The van der Waals surface area contributed by atoms with E-state index in [0.717, 1.165) is 42.9 Å². The third-order valence-electron chi connectivity index (χ3n) is 6.03. The summed E-state index contributed by atoms with van der Waals surface area (Å²) in [7, 11) is 0. The van der Waals surface area contributed by atoms with Gasteiger partial charge in [-0.25, -0.2) is 4.98 Å². The number of nitrogens with zero attached hydrogens (tertiary/aromatic N) is 3. The summed E-state index contributed by atoms with van der Waals surface area (Å²) in [6.07, 6.45) is 4.27. The number of hydrogen-bond donors (Lipinski definition) is 1. The number of imidazole rings is 1. The molecule has 0 atom stereocenters. The standard InChI is InChI=1S/C24H27ClN4O2/c1-3-21-23(29-13-10-19(25)14-22(29)27-21)24(31)26-15-17-4-6-20(7-5-17)28-11-8-18(9-12-28)16(2)30/h4-7,10,13-14,18H,3,8-9,11-12,15H2,1-2H3,(H,26,31). The van der Waals surface area contributed by atoms with Gasteiger partial charge < -0.3 is 10.2 Å². The highest BCUT2D eigenvalue weighted by Crippen LogP contribution is 2.24. The average Bonchev–Trinajstić information content (AvgIpc) is 3.15. The fourth-order valence-corrected chi connectivity index (χ4v) is 4.34. The van der Waals surface area contributed by atoms with Crippen molar-refractivity contribution < 1.29 is 9.59 Å². The second kappa shape index (κ2) is 9.10. The van der Waals surface area contributed by atoms with Gasteiger partial charge in [-0.15, -0.1) is 0 Å². The molecular formula is C24H27ClN4O2. The maximum atomic E-state index is 12.9. The molecule has 1 amide bonds. The highest BCUT2D eigenvalue weighted by Gasteiger charge is 2.22. The molecule has 1 saturated heterocycles. The Balaban J connectivity index is 1.40. The predicted octanol–water partition coefficient (Wildman–Crippen LogP) is 4.29. The van der Waals surface area contributed by atoms with Crippen molar-refractivity contribution in [3.05, 3.63) is 64.6 Å². The molecule has 4 rings (SSSR count). The fraction of sp³-hybridized carbons (Fsp3) is 0.375. The smallest absolute Gasteiger partial charge is 0.270 e. The Labute approximate surface area is 187 Å². The van der Waals surface area contributed by atoms with Crippen LogP contribution in [0, 0.1) is 5.92 Å². The van der Waals surface area contributed by atoms with E-state index in [1.807, 2.05) is 19.1 Å². The minimum atomic E-state index is -0.151. The zero-order valence-corrected chi connectivity index (χ0v) is 18.7. The van der Waals surface area contributed by atoms with Gasteiger partial charge in [0.15, 0.2) is 0 Å². The molecule has 1 aliphatic heterocycles. The summed E-state index contributed by atoms with van der Waals surface area (Å²) in [5.74, 6) is 0.350. The maximum Gasteiger partial charge on any atom is 0.270 e. The van der Waals surface area contributed by atoms with E-state index in [1.54, 1.807) is 29.7 Å². The van der Waals surface area contributed by atoms with Gasteiger partial charge in [0.25, 0.3) is 5.91 Å². The molecule has 0 bridgehead atoms. The molecule has 162 valence electrons. The molecule has 0 aliphatic carbocycles. The number of hydrogen-bond acceptors (Lipinski definition) is 4. The van der Waals surface area contributed by atoms with Gasteiger partial charge in [0, 0.05) is 48.5 Å². The van der Waals surface area contributed by atoms with Crippen LogP contribution in [0.15, 0.2) is 42.6 Å². The van der Waals surface area contributed by atoms with Crippen molar-refractivity contribution in [1.82, 2.24) is 14.7 Å². The fourth-order valence-electron chi connectivity index (χ4n) is 4.19. The number of rotatable bonds is 6. The molecule has 1 aromatic carbocycles. The van der Waals surface area contributed by atoms with Crippen molar-refractivity contribution in [1.29, 1.82) is 0 Å². The van der Waals surface area contributed by atoms with Crippen LogP contribution >= 0.6 is 11.6 Å². The summed E-state index contributed by atoms with van der Waals surface area (Å²) in [5.41, 5.74) is 4.17. The number of anilines is 1. The third kappa shape index (κ3) is 4.59. The van der Waals surface area contributed by atoms with Crippen LogP contribution in [-0.4, -0.2) is 34.2 Å². The maximum absolute atomic E-state index is 12.9. The summed E-state index contributed by atoms with van der Waals surface area (Å²) in [6, 6.07) is 11.8. The van der Waals surface area contributed by atoms with Crippen LogP contribution in [0.2, 0.25) is 5.02 Å². The average molecular weight is 439 g/mol. The monoisotopic (exact) mass is 438 g/mol. The number of aryl methyl sites for hydroxylation is 1. The summed E-state index contributed by atoms with van der Waals surface area (Å²) < 4.78 is 1.79. The van der Waals surface area contributed by atoms with E-state index >= 15 is 0 Å². The van der Waals surface area contributed by atoms with E-state index in [4.69, 9.17) is 11.6 Å². The lowest BCUT2D eigenvalue weighted by atomic mass is 9.93. The summed E-state index contributed by atoms with van der Waals surface area (Å²) in [5, 5.41) is 3.61. The predicted molar refractivity (Wildman–Crippen MR) is 123 cm³/mol. The van der Waals surface area contributed by atoms with E-state index in [0.29, 0.717) is 35.1 Å². The molecule has 3 heterocycles. The van der Waals surface area contributed by atoms with Crippen LogP contribution in [0.3, 0.4) is 0 Å². The van der Waals surface area contributed by atoms with Gasteiger partial charge in [-0.05, 0) is 49.9 Å². The lowest BCUT2D eigenvalue weighted by Crippen LogP contribution is -2.35. The van der Waals surface area contributed by atoms with Crippen LogP contribution in [0.4, 0.5) is 5.69 Å². The minimum Gasteiger partial charge on any atom is -0.371 e. The van der Waals surface area contributed by atoms with Gasteiger partial charge >= 0.3 is 0 Å². The van der Waals surface area contributed by atoms with Crippen molar-refractivity contribution in [2.75, 3.05) is 18.0 Å². The highest BCUT2D eigenvalue weighted by atomic mass is 35.5. The number of ketones is 1. The minimum absolute atomic E-state index is 0.151. The van der Waals surface area contributed by atoms with E-state index < -0.39 is 0 Å². The first kappa shape index (κ1) is 21.4. The van der Waals surface area contributed by atoms with Gasteiger partial charge in [-0.3, -0.25) is 14.0 Å². The Hall–Kier alpha value is -2.86. The molecule has 1 N–H and O–H groups in total. The number of Topliss-reactive ketones (excluding diaryl/α,β-unsaturated/α-hetero) is 1. The van der Waals surface area contributed by atoms with Gasteiger partial charge in [-0.1, -0.05) is 30.7 Å². The Bertz CT molecular complexity index is 1100. The molecule has 6 nitrogen and oxygen atoms in total. The summed E-state index contributed by atoms with van der Waals surface area (Å²) in [6.45, 7) is 5.92. The normalized spacial score (nSPS) is 14.7. The molecule has 1 aliphatic rings. The molecule has 2 aromatic heterocycles. The molecule has 7 heteroatoms. The van der Waals surface area contributed by atoms with Crippen molar-refractivity contribution in [3.63, 3.8) is 0 Å². The number of nitrogens with one attached hydrogen (secondary N) is 1. The van der Waals surface area contributed by atoms with Crippen molar-refractivity contribution in [2.45, 2.75) is 39.7 Å². The van der Waals surface area contributed by atoms with Crippen LogP contribution in [0.5, 0.6) is 0 Å². The second-order valence-electron chi connectivity index (χ2n) is 8.05. The number of fused-ring (bicyclic) bond motifs is 1. The van der Waals surface area contributed by atoms with Gasteiger partial charge in [-0.2, -0.15) is 0 Å². The number of amides is 1. The van der Waals surface area contributed by atoms with E-state index in [2.05, 4.69) is 27.3 Å². The van der Waals surface area contributed by atoms with Crippen LogP contribution in [-0.2, 0) is 17.8 Å². The zero-order chi connectivity index (χ0) is 22.0. The third-order valence-corrected chi connectivity index (χ3v) is 6.27. The Morgan fingerprint density at radius 3 is 2.52 bits per heavy atom. The van der Waals surface area contributed by atoms with E-state index in [1.165, 1.54) is 0 Å². The first-order valence-electron chi connectivity index (χ1n) is 10.7. The largest absolute Gasteiger partial charge is 0.371 e. The Morgan fingerprint density at radius 1 is 1.16 bits per heavy atom. The van der Waals surface area contributed by atoms with Crippen molar-refractivity contribution in [2.24, 2.45) is 5.92 Å². The van der Waals surface area contributed by atoms with Gasteiger partial charge in [0.05, 0.1) is 5.69 Å². The van der Waals surface area contributed by atoms with E-state index in [-0.39, 0.29) is 11.8 Å². The number of carbonyl (C=O) groups is 2. The lowest BCUT2D eigenvalue weighted by Gasteiger charge is -2.32. The summed E-state index contributed by atoms with van der Waals surface area (Å²) >= 11 is 6.06. The second-order valence-corrected chi connectivity index (χ2v) is 8.49. The van der Waals surface area contributed by atoms with Crippen LogP contribution in [0.1, 0.15) is 48.4 Å². The lowest BCUT2D eigenvalue weighted by molar-refractivity contribution is -0.121. The molecule has 0 unspecified atom stereocenters. The molecule has 1 fully saturated rings. The number of pyridine rings is 1. The van der Waals surface area contributed by atoms with Crippen molar-refractivity contribution in [3.8, 4) is 0 Å². The van der Waals surface area contributed by atoms with E-state index in [9.17, 15) is 9.59 Å². The molecule has 0 radical (unpaired) electrons. The number of aromatic nitrogens is 2. The van der Waals surface area contributed by atoms with Crippen LogP contribution < -0.4 is 10.2 Å². The Morgan fingerprint density at radius 2 is 1.87 bits per heavy atom. The Kier molecular flexibility index (Phi) is 6.28. The first-order valence-corrected chi connectivity index (χ1v) is 11.1. The van der Waals surface area contributed by atoms with Crippen LogP contribution in [0.25, 0.3) is 5.65 Å². The van der Waals surface area contributed by atoms with Crippen molar-refractivity contribution >= 4 is 34.6 Å². The molecule has 3 aromatic rings. The van der Waals surface area contributed by atoms with Gasteiger partial charge in [0.2, 0.25) is 0 Å². The number of benzene rings is 1. The molecule has 31 heavy (non-hydrogen) atoms. The van der Waals surface area contributed by atoms with Gasteiger partial charge in [0.1, 0.15) is 17.1 Å².